The molecule has 1 heterocycles. The van der Waals surface area contributed by atoms with Crippen LogP contribution in [0.1, 0.15) is 23.5 Å². The number of rotatable bonds is 4. The van der Waals surface area contributed by atoms with E-state index in [1.165, 1.54) is 19.2 Å². The Morgan fingerprint density at radius 3 is 2.48 bits per heavy atom. The fourth-order valence-corrected chi connectivity index (χ4v) is 3.36. The topological polar surface area (TPSA) is 46.6 Å². The van der Waals surface area contributed by atoms with Gasteiger partial charge < -0.3 is 9.64 Å². The van der Waals surface area contributed by atoms with Crippen molar-refractivity contribution in [3.8, 4) is 0 Å². The summed E-state index contributed by atoms with van der Waals surface area (Å²) >= 11 is 0. The fraction of sp³-hybridized carbons (Fsp3) is 0.300. The van der Waals surface area contributed by atoms with Crippen molar-refractivity contribution in [2.45, 2.75) is 18.9 Å². The van der Waals surface area contributed by atoms with Gasteiger partial charge in [-0.05, 0) is 29.7 Å². The molecule has 130 valence electrons. The van der Waals surface area contributed by atoms with Gasteiger partial charge in [-0.15, -0.1) is 0 Å². The lowest BCUT2D eigenvalue weighted by Gasteiger charge is -2.36. The van der Waals surface area contributed by atoms with Crippen LogP contribution in [0.2, 0.25) is 0 Å². The second kappa shape index (κ2) is 7.47. The van der Waals surface area contributed by atoms with Crippen LogP contribution >= 0.6 is 0 Å². The van der Waals surface area contributed by atoms with Crippen LogP contribution in [0.4, 0.5) is 4.39 Å². The second-order valence-corrected chi connectivity index (χ2v) is 6.19. The van der Waals surface area contributed by atoms with Crippen molar-refractivity contribution in [3.05, 3.63) is 71.5 Å². The third kappa shape index (κ3) is 3.71. The van der Waals surface area contributed by atoms with Gasteiger partial charge in [0.2, 0.25) is 5.91 Å². The molecule has 2 atom stereocenters. The molecule has 2 aromatic carbocycles. The normalized spacial score (nSPS) is 20.4. The lowest BCUT2D eigenvalue weighted by molar-refractivity contribution is -0.157. The van der Waals surface area contributed by atoms with Crippen molar-refractivity contribution in [1.29, 1.82) is 0 Å². The molecule has 25 heavy (non-hydrogen) atoms. The van der Waals surface area contributed by atoms with Gasteiger partial charge in [0.25, 0.3) is 0 Å². The van der Waals surface area contributed by atoms with Crippen LogP contribution in [0.5, 0.6) is 0 Å². The summed E-state index contributed by atoms with van der Waals surface area (Å²) in [5.74, 6) is -2.32. The molecule has 0 N–H and O–H groups in total. The third-order valence-corrected chi connectivity index (χ3v) is 4.66. The van der Waals surface area contributed by atoms with Gasteiger partial charge in [-0.2, -0.15) is 0 Å². The number of methoxy groups -OCH3 is 1. The van der Waals surface area contributed by atoms with E-state index >= 15 is 0 Å². The third-order valence-electron chi connectivity index (χ3n) is 4.66. The summed E-state index contributed by atoms with van der Waals surface area (Å²) in [5, 5.41) is 0. The Labute approximate surface area is 146 Å². The quantitative estimate of drug-likeness (QED) is 0.634. The van der Waals surface area contributed by atoms with E-state index in [0.717, 1.165) is 11.1 Å². The van der Waals surface area contributed by atoms with Crippen LogP contribution in [0.25, 0.3) is 0 Å². The number of benzene rings is 2. The molecule has 1 aliphatic heterocycles. The summed E-state index contributed by atoms with van der Waals surface area (Å²) in [6.45, 7) is 1.01. The summed E-state index contributed by atoms with van der Waals surface area (Å²) in [5.41, 5.74) is 1.80. The number of hydrogen-bond acceptors (Lipinski definition) is 3. The zero-order valence-corrected chi connectivity index (χ0v) is 14.0. The van der Waals surface area contributed by atoms with Crippen LogP contribution < -0.4 is 0 Å². The maximum absolute atomic E-state index is 13.2. The first-order valence-corrected chi connectivity index (χ1v) is 8.26. The molecule has 0 spiro atoms. The van der Waals surface area contributed by atoms with E-state index in [9.17, 15) is 14.0 Å². The lowest BCUT2D eigenvalue weighted by atomic mass is 9.79. The highest BCUT2D eigenvalue weighted by molar-refractivity contribution is 5.99. The van der Waals surface area contributed by atoms with Crippen molar-refractivity contribution in [3.63, 3.8) is 0 Å². The molecular weight excluding hydrogens is 321 g/mol. The number of piperidine rings is 1. The minimum absolute atomic E-state index is 0.240. The van der Waals surface area contributed by atoms with Crippen LogP contribution in [0.3, 0.4) is 0 Å². The Balaban J connectivity index is 1.84. The molecule has 1 saturated heterocycles. The predicted octanol–water partition coefficient (Wildman–Crippen LogP) is 3.13. The summed E-state index contributed by atoms with van der Waals surface area (Å²) in [7, 11) is 1.29. The van der Waals surface area contributed by atoms with E-state index in [0.29, 0.717) is 19.5 Å². The Hall–Kier alpha value is -2.69. The average Bonchev–Trinajstić information content (AvgIpc) is 2.64. The number of amides is 1. The molecule has 0 bridgehead atoms. The number of nitrogens with zero attached hydrogens (tertiary/aromatic N) is 1. The number of carbonyl (C=O) groups is 2. The molecule has 1 fully saturated rings. The number of halogens is 1. The second-order valence-electron chi connectivity index (χ2n) is 6.19. The van der Waals surface area contributed by atoms with E-state index in [4.69, 9.17) is 4.74 Å². The van der Waals surface area contributed by atoms with Gasteiger partial charge in [0.1, 0.15) is 11.7 Å². The molecule has 1 aliphatic rings. The van der Waals surface area contributed by atoms with Crippen molar-refractivity contribution >= 4 is 11.9 Å². The van der Waals surface area contributed by atoms with Crippen LogP contribution in [0, 0.1) is 11.7 Å². The number of esters is 1. The van der Waals surface area contributed by atoms with Crippen LogP contribution in [0.15, 0.2) is 54.6 Å². The van der Waals surface area contributed by atoms with Crippen molar-refractivity contribution in [1.82, 2.24) is 4.90 Å². The first-order chi connectivity index (χ1) is 12.1. The molecule has 0 aliphatic carbocycles. The molecule has 0 radical (unpaired) electrons. The van der Waals surface area contributed by atoms with Gasteiger partial charge in [0.05, 0.1) is 7.11 Å². The standard InChI is InChI=1S/C20H20FNO3/c1-25-20(24)18-17(15-7-9-16(21)10-8-15)11-12-22(19(18)23)13-14-5-3-2-4-6-14/h2-10,17-18H,11-13H2,1H3. The highest BCUT2D eigenvalue weighted by atomic mass is 19.1. The number of likely N-dealkylation sites (tertiary alicyclic amines) is 1. The van der Waals surface area contributed by atoms with Crippen molar-refractivity contribution < 1.29 is 18.7 Å². The zero-order chi connectivity index (χ0) is 17.8. The van der Waals surface area contributed by atoms with Crippen LogP contribution in [-0.2, 0) is 20.9 Å². The molecule has 1 amide bonds. The number of ether oxygens (including phenoxy) is 1. The van der Waals surface area contributed by atoms with Crippen molar-refractivity contribution in [2.24, 2.45) is 5.92 Å². The molecule has 0 aromatic heterocycles. The van der Waals surface area contributed by atoms with Gasteiger partial charge in [0, 0.05) is 19.0 Å². The summed E-state index contributed by atoms with van der Waals surface area (Å²) < 4.78 is 18.1. The maximum atomic E-state index is 13.2. The maximum Gasteiger partial charge on any atom is 0.318 e. The van der Waals surface area contributed by atoms with Gasteiger partial charge in [-0.1, -0.05) is 42.5 Å². The van der Waals surface area contributed by atoms with E-state index in [1.807, 2.05) is 30.3 Å². The SMILES string of the molecule is COC(=O)C1C(=O)N(Cc2ccccc2)CCC1c1ccc(F)cc1. The van der Waals surface area contributed by atoms with Crippen molar-refractivity contribution in [2.75, 3.05) is 13.7 Å². The van der Waals surface area contributed by atoms with Gasteiger partial charge in [-0.3, -0.25) is 9.59 Å². The molecule has 3 rings (SSSR count). The van der Waals surface area contributed by atoms with E-state index in [1.54, 1.807) is 17.0 Å². The number of hydrogen-bond donors (Lipinski definition) is 0. The smallest absolute Gasteiger partial charge is 0.318 e. The number of carbonyl (C=O) groups excluding carboxylic acids is 2. The van der Waals surface area contributed by atoms with Gasteiger partial charge in [-0.25, -0.2) is 4.39 Å². The van der Waals surface area contributed by atoms with Crippen LogP contribution in [-0.4, -0.2) is 30.4 Å². The summed E-state index contributed by atoms with van der Waals surface area (Å²) in [6, 6.07) is 15.6. The Morgan fingerprint density at radius 2 is 1.84 bits per heavy atom. The Bertz CT molecular complexity index is 745. The molecule has 0 saturated carbocycles. The van der Waals surface area contributed by atoms with E-state index in [2.05, 4.69) is 0 Å². The first kappa shape index (κ1) is 17.1. The Kier molecular flexibility index (Phi) is 5.12. The minimum Gasteiger partial charge on any atom is -0.468 e. The summed E-state index contributed by atoms with van der Waals surface area (Å²) in [4.78, 5) is 26.9. The minimum atomic E-state index is -0.895. The van der Waals surface area contributed by atoms with Gasteiger partial charge >= 0.3 is 5.97 Å². The largest absolute Gasteiger partial charge is 0.468 e. The fourth-order valence-electron chi connectivity index (χ4n) is 3.36. The lowest BCUT2D eigenvalue weighted by Crippen LogP contribution is -2.47. The molecule has 4 nitrogen and oxygen atoms in total. The first-order valence-electron chi connectivity index (χ1n) is 8.26. The van der Waals surface area contributed by atoms with Gasteiger partial charge in [0.15, 0.2) is 0 Å². The summed E-state index contributed by atoms with van der Waals surface area (Å²) in [6.07, 6.45) is 0.629. The monoisotopic (exact) mass is 341 g/mol. The average molecular weight is 341 g/mol. The molecular formula is C20H20FNO3. The zero-order valence-electron chi connectivity index (χ0n) is 14.0. The highest BCUT2D eigenvalue weighted by Crippen LogP contribution is 2.35. The van der Waals surface area contributed by atoms with E-state index < -0.39 is 11.9 Å². The molecule has 2 unspecified atom stereocenters. The van der Waals surface area contributed by atoms with E-state index in [-0.39, 0.29) is 17.6 Å². The molecule has 2 aromatic rings. The highest BCUT2D eigenvalue weighted by Gasteiger charge is 2.42. The Morgan fingerprint density at radius 1 is 1.16 bits per heavy atom. The predicted molar refractivity (Wildman–Crippen MR) is 91.1 cm³/mol. The molecule has 5 heteroatoms.